The van der Waals surface area contributed by atoms with Crippen molar-refractivity contribution in [2.75, 3.05) is 13.3 Å². The quantitative estimate of drug-likeness (QED) is 0.418. The minimum absolute atomic E-state index is 0.969. The molecule has 0 spiro atoms. The Hall–Kier alpha value is -0.840. The van der Waals surface area contributed by atoms with E-state index >= 15 is 0 Å². The van der Waals surface area contributed by atoms with E-state index in [0.29, 0.717) is 0 Å². The van der Waals surface area contributed by atoms with Gasteiger partial charge in [-0.25, -0.2) is 17.6 Å². The third-order valence-electron chi connectivity index (χ3n) is 1.97. The summed E-state index contributed by atoms with van der Waals surface area (Å²) in [6, 6.07) is 0. The van der Waals surface area contributed by atoms with E-state index in [2.05, 4.69) is 0 Å². The third kappa shape index (κ3) is 2.39. The van der Waals surface area contributed by atoms with Crippen LogP contribution in [0.25, 0.3) is 0 Å². The molecule has 0 fully saturated rings. The molecule has 0 aliphatic rings. The molecule has 17 heavy (non-hydrogen) atoms. The van der Waals surface area contributed by atoms with Crippen LogP contribution in [0.5, 0.6) is 0 Å². The standard InChI is InChI=1S/C9H6F7P/c1-17(2)8-6(12)4(10)3(9(14,15)16)5(11)7(8)13/h1-2H3. The number of benzene rings is 1. The summed E-state index contributed by atoms with van der Waals surface area (Å²) in [5.41, 5.74) is -2.53. The highest BCUT2D eigenvalue weighted by Crippen LogP contribution is 2.38. The van der Waals surface area contributed by atoms with Crippen molar-refractivity contribution >= 4 is 13.2 Å². The van der Waals surface area contributed by atoms with Crippen LogP contribution in [0.15, 0.2) is 0 Å². The summed E-state index contributed by atoms with van der Waals surface area (Å²) in [5.74, 6) is -8.76. The lowest BCUT2D eigenvalue weighted by atomic mass is 10.1. The smallest absolute Gasteiger partial charge is 0.203 e. The Bertz CT molecular complexity index is 421. The van der Waals surface area contributed by atoms with Gasteiger partial charge in [-0.05, 0) is 13.3 Å². The molecule has 0 N–H and O–H groups in total. The van der Waals surface area contributed by atoms with Crippen LogP contribution in [0.2, 0.25) is 0 Å². The molecule has 0 saturated heterocycles. The fourth-order valence-corrected chi connectivity index (χ4v) is 2.24. The Morgan fingerprint density at radius 2 is 1.12 bits per heavy atom. The van der Waals surface area contributed by atoms with Crippen LogP contribution in [-0.2, 0) is 6.18 Å². The van der Waals surface area contributed by atoms with E-state index in [9.17, 15) is 30.7 Å². The van der Waals surface area contributed by atoms with Gasteiger partial charge >= 0.3 is 6.18 Å². The van der Waals surface area contributed by atoms with Gasteiger partial charge in [0.2, 0.25) is 0 Å². The zero-order valence-corrected chi connectivity index (χ0v) is 9.49. The summed E-state index contributed by atoms with van der Waals surface area (Å²) in [6.45, 7) is 2.53. The van der Waals surface area contributed by atoms with Crippen molar-refractivity contribution in [2.45, 2.75) is 6.18 Å². The van der Waals surface area contributed by atoms with Gasteiger partial charge < -0.3 is 0 Å². The summed E-state index contributed by atoms with van der Waals surface area (Å²) < 4.78 is 89.2. The molecule has 0 nitrogen and oxygen atoms in total. The van der Waals surface area contributed by atoms with Crippen LogP contribution in [0.1, 0.15) is 5.56 Å². The van der Waals surface area contributed by atoms with Gasteiger partial charge in [0, 0.05) is 0 Å². The van der Waals surface area contributed by atoms with E-state index in [4.69, 9.17) is 0 Å². The molecule has 0 aliphatic heterocycles. The van der Waals surface area contributed by atoms with Crippen molar-refractivity contribution in [1.82, 2.24) is 0 Å². The first kappa shape index (κ1) is 14.2. The van der Waals surface area contributed by atoms with Crippen LogP contribution in [0.3, 0.4) is 0 Å². The first-order valence-electron chi connectivity index (χ1n) is 4.19. The molecule has 0 unspecified atom stereocenters. The van der Waals surface area contributed by atoms with E-state index in [1.165, 1.54) is 13.3 Å². The van der Waals surface area contributed by atoms with E-state index < -0.39 is 48.2 Å². The number of alkyl halides is 3. The van der Waals surface area contributed by atoms with E-state index in [1.54, 1.807) is 0 Å². The Kier molecular flexibility index (Phi) is 3.72. The third-order valence-corrected chi connectivity index (χ3v) is 3.26. The van der Waals surface area contributed by atoms with Crippen LogP contribution in [0.4, 0.5) is 30.7 Å². The first-order chi connectivity index (χ1) is 7.59. The van der Waals surface area contributed by atoms with Gasteiger partial charge in [-0.15, -0.1) is 0 Å². The molecule has 0 aliphatic carbocycles. The minimum Gasteiger partial charge on any atom is -0.203 e. The lowest BCUT2D eigenvalue weighted by Crippen LogP contribution is -2.23. The Balaban J connectivity index is 3.71. The molecule has 0 saturated carbocycles. The maximum atomic E-state index is 13.2. The highest BCUT2D eigenvalue weighted by molar-refractivity contribution is 7.64. The normalized spacial score (nSPS) is 12.4. The molecule has 1 aromatic rings. The molecule has 0 amide bonds. The van der Waals surface area contributed by atoms with Gasteiger partial charge in [-0.2, -0.15) is 13.2 Å². The highest BCUT2D eigenvalue weighted by atomic mass is 31.1. The lowest BCUT2D eigenvalue weighted by Gasteiger charge is -2.15. The molecular formula is C9H6F7P. The summed E-state index contributed by atoms with van der Waals surface area (Å²) >= 11 is 0. The monoisotopic (exact) mass is 278 g/mol. The fourth-order valence-electron chi connectivity index (χ4n) is 1.26. The predicted molar refractivity (Wildman–Crippen MR) is 49.7 cm³/mol. The predicted octanol–water partition coefficient (Wildman–Crippen LogP) is 3.63. The highest BCUT2D eigenvalue weighted by Gasteiger charge is 2.42. The van der Waals surface area contributed by atoms with E-state index in [-0.39, 0.29) is 0 Å². The Morgan fingerprint density at radius 1 is 0.765 bits per heavy atom. The molecule has 96 valence electrons. The average molecular weight is 278 g/mol. The Labute approximate surface area is 93.2 Å². The summed E-state index contributed by atoms with van der Waals surface area (Å²) in [4.78, 5) is 0. The molecule has 0 atom stereocenters. The topological polar surface area (TPSA) is 0 Å². The molecule has 1 aromatic carbocycles. The number of rotatable bonds is 1. The second kappa shape index (κ2) is 4.44. The second-order valence-electron chi connectivity index (χ2n) is 3.37. The maximum absolute atomic E-state index is 13.2. The zero-order chi connectivity index (χ0) is 13.5. The van der Waals surface area contributed by atoms with Gasteiger partial charge in [0.15, 0.2) is 23.3 Å². The van der Waals surface area contributed by atoms with Crippen molar-refractivity contribution in [3.05, 3.63) is 28.8 Å². The molecule has 0 heterocycles. The van der Waals surface area contributed by atoms with E-state index in [1.807, 2.05) is 0 Å². The van der Waals surface area contributed by atoms with Crippen molar-refractivity contribution in [3.8, 4) is 0 Å². The SMILES string of the molecule is CP(C)c1c(F)c(F)c(C(F)(F)F)c(F)c1F. The van der Waals surface area contributed by atoms with Gasteiger partial charge in [0.05, 0.1) is 5.30 Å². The molecular weight excluding hydrogens is 272 g/mol. The largest absolute Gasteiger partial charge is 0.422 e. The van der Waals surface area contributed by atoms with Crippen LogP contribution in [-0.4, -0.2) is 13.3 Å². The first-order valence-corrected chi connectivity index (χ1v) is 6.43. The fraction of sp³-hybridized carbons (Fsp3) is 0.333. The molecule has 8 heteroatoms. The number of hydrogen-bond acceptors (Lipinski definition) is 0. The molecule has 0 aromatic heterocycles. The molecule has 0 radical (unpaired) electrons. The van der Waals surface area contributed by atoms with Crippen molar-refractivity contribution in [3.63, 3.8) is 0 Å². The molecule has 0 bridgehead atoms. The van der Waals surface area contributed by atoms with Gasteiger partial charge in [0.1, 0.15) is 5.56 Å². The summed E-state index contributed by atoms with van der Waals surface area (Å²) in [5, 5.41) is -0.969. The van der Waals surface area contributed by atoms with Crippen LogP contribution < -0.4 is 5.30 Å². The summed E-state index contributed by atoms with van der Waals surface area (Å²) in [6.07, 6.45) is -5.49. The van der Waals surface area contributed by atoms with Crippen molar-refractivity contribution < 1.29 is 30.7 Å². The average Bonchev–Trinajstić information content (AvgIpc) is 2.12. The number of hydrogen-bond donors (Lipinski definition) is 0. The zero-order valence-electron chi connectivity index (χ0n) is 8.59. The van der Waals surface area contributed by atoms with Crippen molar-refractivity contribution in [1.29, 1.82) is 0 Å². The van der Waals surface area contributed by atoms with Gasteiger partial charge in [-0.1, -0.05) is 7.92 Å². The van der Waals surface area contributed by atoms with Crippen LogP contribution >= 0.6 is 7.92 Å². The maximum Gasteiger partial charge on any atom is 0.422 e. The minimum atomic E-state index is -5.49. The lowest BCUT2D eigenvalue weighted by molar-refractivity contribution is -0.143. The van der Waals surface area contributed by atoms with Gasteiger partial charge in [-0.3, -0.25) is 0 Å². The second-order valence-corrected chi connectivity index (χ2v) is 5.61. The van der Waals surface area contributed by atoms with Gasteiger partial charge in [0.25, 0.3) is 0 Å². The van der Waals surface area contributed by atoms with Crippen LogP contribution in [0, 0.1) is 23.3 Å². The number of halogens is 7. The Morgan fingerprint density at radius 3 is 1.35 bits per heavy atom. The van der Waals surface area contributed by atoms with E-state index in [0.717, 1.165) is 0 Å². The summed E-state index contributed by atoms with van der Waals surface area (Å²) in [7, 11) is -1.62. The van der Waals surface area contributed by atoms with Crippen molar-refractivity contribution in [2.24, 2.45) is 0 Å². The molecule has 1 rings (SSSR count).